The lowest BCUT2D eigenvalue weighted by Crippen LogP contribution is -2.19. The molecule has 1 fully saturated rings. The Kier molecular flexibility index (Phi) is 4.54. The highest BCUT2D eigenvalue weighted by molar-refractivity contribution is 7.15. The summed E-state index contributed by atoms with van der Waals surface area (Å²) in [5.41, 5.74) is 2.44. The maximum absolute atomic E-state index is 13.3. The molecule has 2 heterocycles. The van der Waals surface area contributed by atoms with Gasteiger partial charge < -0.3 is 4.90 Å². The van der Waals surface area contributed by atoms with E-state index in [1.54, 1.807) is 11.3 Å². The maximum atomic E-state index is 13.3. The zero-order valence-electron chi connectivity index (χ0n) is 12.4. The summed E-state index contributed by atoms with van der Waals surface area (Å²) in [7, 11) is 0. The Balaban J connectivity index is 1.57. The molecule has 1 saturated heterocycles. The number of benzene rings is 1. The van der Waals surface area contributed by atoms with E-state index >= 15 is 0 Å². The second-order valence-electron chi connectivity index (χ2n) is 5.67. The number of aryl methyl sites for hydroxylation is 3. The third-order valence-electron chi connectivity index (χ3n) is 3.93. The van der Waals surface area contributed by atoms with Crippen LogP contribution in [0.25, 0.3) is 0 Å². The van der Waals surface area contributed by atoms with Gasteiger partial charge >= 0.3 is 0 Å². The molecule has 0 amide bonds. The van der Waals surface area contributed by atoms with Crippen LogP contribution in [0.4, 0.5) is 9.39 Å². The van der Waals surface area contributed by atoms with Crippen LogP contribution in [-0.2, 0) is 12.8 Å². The third-order valence-corrected chi connectivity index (χ3v) is 5.21. The maximum Gasteiger partial charge on any atom is 0.119 e. The van der Waals surface area contributed by atoms with Gasteiger partial charge in [-0.1, -0.05) is 30.3 Å². The van der Waals surface area contributed by atoms with Crippen LogP contribution in [0.15, 0.2) is 30.3 Å². The van der Waals surface area contributed by atoms with Gasteiger partial charge in [0.05, 0.1) is 17.2 Å². The second kappa shape index (κ2) is 6.56. The topological polar surface area (TPSA) is 16.1 Å². The van der Waals surface area contributed by atoms with Crippen LogP contribution in [0.1, 0.15) is 29.1 Å². The van der Waals surface area contributed by atoms with E-state index < -0.39 is 6.17 Å². The van der Waals surface area contributed by atoms with Crippen LogP contribution < -0.4 is 4.90 Å². The van der Waals surface area contributed by atoms with Gasteiger partial charge in [-0.15, -0.1) is 11.3 Å². The predicted molar refractivity (Wildman–Crippen MR) is 87.0 cm³/mol. The smallest absolute Gasteiger partial charge is 0.119 e. The first kappa shape index (κ1) is 14.5. The zero-order valence-corrected chi connectivity index (χ0v) is 13.2. The van der Waals surface area contributed by atoms with Crippen molar-refractivity contribution in [3.63, 3.8) is 0 Å². The Hall–Kier alpha value is -1.42. The van der Waals surface area contributed by atoms with Crippen molar-refractivity contribution < 1.29 is 4.39 Å². The summed E-state index contributed by atoms with van der Waals surface area (Å²) in [6.07, 6.45) is 3.19. The molecule has 2 aromatic rings. The number of hydrogen-bond donors (Lipinski definition) is 0. The van der Waals surface area contributed by atoms with E-state index in [0.717, 1.165) is 31.5 Å². The average Bonchev–Trinajstić information content (AvgIpc) is 3.06. The molecule has 1 aliphatic rings. The molecule has 0 aliphatic carbocycles. The van der Waals surface area contributed by atoms with Crippen LogP contribution in [-0.4, -0.2) is 24.2 Å². The van der Waals surface area contributed by atoms with Gasteiger partial charge in [0.1, 0.15) is 11.2 Å². The summed E-state index contributed by atoms with van der Waals surface area (Å²) in [6, 6.07) is 10.6. The summed E-state index contributed by atoms with van der Waals surface area (Å²) >= 11 is 1.74. The Morgan fingerprint density at radius 3 is 2.81 bits per heavy atom. The monoisotopic (exact) mass is 304 g/mol. The standard InChI is InChI=1S/C17H21FN2S/c1-13-17(20-11-10-15(18)12-20)21-16(19-13)9-5-8-14-6-3-2-4-7-14/h2-4,6-7,15H,5,8-12H2,1H3/t15-/m1/s1. The molecular weight excluding hydrogens is 283 g/mol. The minimum absolute atomic E-state index is 0.534. The van der Waals surface area contributed by atoms with Crippen molar-refractivity contribution in [3.05, 3.63) is 46.6 Å². The van der Waals surface area contributed by atoms with Gasteiger partial charge in [-0.25, -0.2) is 9.37 Å². The molecule has 0 saturated carbocycles. The van der Waals surface area contributed by atoms with Gasteiger partial charge in [-0.3, -0.25) is 0 Å². The van der Waals surface area contributed by atoms with Crippen LogP contribution >= 0.6 is 11.3 Å². The first-order valence-corrected chi connectivity index (χ1v) is 8.43. The zero-order chi connectivity index (χ0) is 14.7. The SMILES string of the molecule is Cc1nc(CCCc2ccccc2)sc1N1CC[C@@H](F)C1. The highest BCUT2D eigenvalue weighted by Crippen LogP contribution is 2.32. The van der Waals surface area contributed by atoms with Crippen molar-refractivity contribution in [2.75, 3.05) is 18.0 Å². The fourth-order valence-electron chi connectivity index (χ4n) is 2.83. The summed E-state index contributed by atoms with van der Waals surface area (Å²) < 4.78 is 13.3. The molecule has 21 heavy (non-hydrogen) atoms. The first-order valence-electron chi connectivity index (χ1n) is 7.61. The number of alkyl halides is 1. The largest absolute Gasteiger partial charge is 0.359 e. The van der Waals surface area contributed by atoms with E-state index in [1.165, 1.54) is 15.6 Å². The van der Waals surface area contributed by atoms with Crippen molar-refractivity contribution in [2.45, 2.75) is 38.8 Å². The number of anilines is 1. The summed E-state index contributed by atoms with van der Waals surface area (Å²) in [5.74, 6) is 0. The number of aromatic nitrogens is 1. The molecule has 112 valence electrons. The van der Waals surface area contributed by atoms with Crippen molar-refractivity contribution >= 4 is 16.3 Å². The van der Waals surface area contributed by atoms with Crippen molar-refractivity contribution in [1.29, 1.82) is 0 Å². The number of thiazole rings is 1. The van der Waals surface area contributed by atoms with Gasteiger partial charge in [0, 0.05) is 6.54 Å². The van der Waals surface area contributed by atoms with Gasteiger partial charge in [0.25, 0.3) is 0 Å². The molecule has 1 atom stereocenters. The lowest BCUT2D eigenvalue weighted by molar-refractivity contribution is 0.364. The number of rotatable bonds is 5. The number of hydrogen-bond acceptors (Lipinski definition) is 3. The fraction of sp³-hybridized carbons (Fsp3) is 0.471. The summed E-state index contributed by atoms with van der Waals surface area (Å²) in [6.45, 7) is 3.40. The molecule has 0 unspecified atom stereocenters. The Morgan fingerprint density at radius 1 is 1.29 bits per heavy atom. The summed E-state index contributed by atoms with van der Waals surface area (Å²) in [5, 5.41) is 2.35. The molecular formula is C17H21FN2S. The molecule has 0 spiro atoms. The quantitative estimate of drug-likeness (QED) is 0.824. The molecule has 2 nitrogen and oxygen atoms in total. The van der Waals surface area contributed by atoms with Gasteiger partial charge in [0.2, 0.25) is 0 Å². The molecule has 4 heteroatoms. The Bertz CT molecular complexity index is 582. The van der Waals surface area contributed by atoms with Crippen LogP contribution in [0.3, 0.4) is 0 Å². The van der Waals surface area contributed by atoms with Crippen molar-refractivity contribution in [3.8, 4) is 0 Å². The van der Waals surface area contributed by atoms with Crippen LogP contribution in [0.2, 0.25) is 0 Å². The number of halogens is 1. The van der Waals surface area contributed by atoms with Crippen LogP contribution in [0.5, 0.6) is 0 Å². The predicted octanol–water partition coefficient (Wildman–Crippen LogP) is 4.18. The van der Waals surface area contributed by atoms with E-state index in [9.17, 15) is 4.39 Å². The second-order valence-corrected chi connectivity index (χ2v) is 6.73. The Morgan fingerprint density at radius 2 is 2.10 bits per heavy atom. The van der Waals surface area contributed by atoms with Crippen molar-refractivity contribution in [1.82, 2.24) is 4.98 Å². The minimum Gasteiger partial charge on any atom is -0.359 e. The molecule has 1 aromatic heterocycles. The van der Waals surface area contributed by atoms with Gasteiger partial charge in [0.15, 0.2) is 0 Å². The summed E-state index contributed by atoms with van der Waals surface area (Å²) in [4.78, 5) is 6.82. The van der Waals surface area contributed by atoms with E-state index in [1.807, 2.05) is 13.0 Å². The molecule has 1 aromatic carbocycles. The van der Waals surface area contributed by atoms with E-state index in [-0.39, 0.29) is 0 Å². The third kappa shape index (κ3) is 3.62. The lowest BCUT2D eigenvalue weighted by Gasteiger charge is -2.14. The molecule has 3 rings (SSSR count). The normalized spacial score (nSPS) is 18.4. The molecule has 0 bridgehead atoms. The molecule has 0 N–H and O–H groups in total. The van der Waals surface area contributed by atoms with Gasteiger partial charge in [-0.05, 0) is 38.2 Å². The number of nitrogens with zero attached hydrogens (tertiary/aromatic N) is 2. The van der Waals surface area contributed by atoms with Crippen molar-refractivity contribution in [2.24, 2.45) is 0 Å². The fourth-order valence-corrected chi connectivity index (χ4v) is 3.97. The van der Waals surface area contributed by atoms with Gasteiger partial charge in [-0.2, -0.15) is 0 Å². The van der Waals surface area contributed by atoms with E-state index in [2.05, 4.69) is 34.1 Å². The lowest BCUT2D eigenvalue weighted by atomic mass is 10.1. The van der Waals surface area contributed by atoms with E-state index in [4.69, 9.17) is 0 Å². The Labute approximate surface area is 129 Å². The highest BCUT2D eigenvalue weighted by atomic mass is 32.1. The average molecular weight is 304 g/mol. The highest BCUT2D eigenvalue weighted by Gasteiger charge is 2.25. The first-order chi connectivity index (χ1) is 10.2. The van der Waals surface area contributed by atoms with Crippen LogP contribution in [0, 0.1) is 6.92 Å². The van der Waals surface area contributed by atoms with E-state index in [0.29, 0.717) is 13.0 Å². The minimum atomic E-state index is -0.673. The molecule has 0 radical (unpaired) electrons. The molecule has 1 aliphatic heterocycles.